The number of nitrogens with one attached hydrogen (secondary N) is 1. The summed E-state index contributed by atoms with van der Waals surface area (Å²) in [6.07, 6.45) is 8.07. The van der Waals surface area contributed by atoms with E-state index in [9.17, 15) is 0 Å². The molecular weight excluding hydrogens is 262 g/mol. The smallest absolute Gasteiger partial charge is 0.0924 e. The van der Waals surface area contributed by atoms with Crippen molar-refractivity contribution in [2.45, 2.75) is 18.9 Å². The highest BCUT2D eigenvalue weighted by Crippen LogP contribution is 2.23. The molecule has 1 aromatic carbocycles. The predicted octanol–water partition coefficient (Wildman–Crippen LogP) is 2.42. The lowest BCUT2D eigenvalue weighted by Crippen LogP contribution is -2.29. The Kier molecular flexibility index (Phi) is 3.12. The van der Waals surface area contributed by atoms with Crippen molar-refractivity contribution in [3.8, 4) is 11.3 Å². The Bertz CT molecular complexity index is 758. The van der Waals surface area contributed by atoms with Crippen molar-refractivity contribution in [1.29, 1.82) is 0 Å². The first-order valence-electron chi connectivity index (χ1n) is 7.37. The van der Waals surface area contributed by atoms with Crippen LogP contribution in [0.15, 0.2) is 42.9 Å². The molecule has 106 valence electrons. The van der Waals surface area contributed by atoms with Gasteiger partial charge < -0.3 is 5.32 Å². The third-order valence-electron chi connectivity index (χ3n) is 4.03. The van der Waals surface area contributed by atoms with Crippen LogP contribution in [0.25, 0.3) is 22.3 Å². The quantitative estimate of drug-likeness (QED) is 0.782. The molecule has 1 N–H and O–H groups in total. The Morgan fingerprint density at radius 2 is 1.86 bits per heavy atom. The molecule has 3 heterocycles. The van der Waals surface area contributed by atoms with Crippen LogP contribution in [0.5, 0.6) is 0 Å². The number of aromatic nitrogens is 4. The fourth-order valence-electron chi connectivity index (χ4n) is 2.84. The van der Waals surface area contributed by atoms with Crippen LogP contribution in [0.2, 0.25) is 0 Å². The highest BCUT2D eigenvalue weighted by Gasteiger charge is 2.16. The van der Waals surface area contributed by atoms with Gasteiger partial charge in [-0.1, -0.05) is 12.1 Å². The molecule has 2 aromatic heterocycles. The second-order valence-electron chi connectivity index (χ2n) is 5.43. The van der Waals surface area contributed by atoms with Gasteiger partial charge in [-0.3, -0.25) is 9.67 Å². The number of rotatable bonds is 2. The average molecular weight is 279 g/mol. The Balaban J connectivity index is 1.67. The molecule has 4 rings (SSSR count). The topological polar surface area (TPSA) is 55.6 Å². The lowest BCUT2D eigenvalue weighted by atomic mass is 10.1. The number of piperidine rings is 1. The Hall–Kier alpha value is -2.27. The summed E-state index contributed by atoms with van der Waals surface area (Å²) in [6, 6.07) is 8.42. The van der Waals surface area contributed by atoms with E-state index in [1.165, 1.54) is 0 Å². The molecule has 0 amide bonds. The molecule has 5 nitrogen and oxygen atoms in total. The van der Waals surface area contributed by atoms with Crippen molar-refractivity contribution >= 4 is 11.0 Å². The molecule has 0 spiro atoms. The van der Waals surface area contributed by atoms with Crippen LogP contribution in [-0.4, -0.2) is 32.8 Å². The van der Waals surface area contributed by atoms with Crippen LogP contribution in [0, 0.1) is 0 Å². The maximum absolute atomic E-state index is 4.68. The van der Waals surface area contributed by atoms with Gasteiger partial charge >= 0.3 is 0 Å². The van der Waals surface area contributed by atoms with Crippen molar-refractivity contribution in [3.63, 3.8) is 0 Å². The molecule has 5 heteroatoms. The summed E-state index contributed by atoms with van der Waals surface area (Å²) >= 11 is 0. The van der Waals surface area contributed by atoms with Crippen molar-refractivity contribution in [1.82, 2.24) is 25.1 Å². The van der Waals surface area contributed by atoms with Gasteiger partial charge in [0, 0.05) is 11.8 Å². The summed E-state index contributed by atoms with van der Waals surface area (Å²) < 4.78 is 2.08. The van der Waals surface area contributed by atoms with Crippen molar-refractivity contribution < 1.29 is 0 Å². The zero-order valence-electron chi connectivity index (χ0n) is 11.7. The van der Waals surface area contributed by atoms with Gasteiger partial charge in [-0.15, -0.1) is 0 Å². The molecule has 1 aliphatic rings. The van der Waals surface area contributed by atoms with Gasteiger partial charge in [0.05, 0.1) is 35.2 Å². The van der Waals surface area contributed by atoms with Crippen LogP contribution in [0.4, 0.5) is 0 Å². The average Bonchev–Trinajstić information content (AvgIpc) is 3.05. The van der Waals surface area contributed by atoms with Gasteiger partial charge in [-0.25, -0.2) is 4.98 Å². The zero-order chi connectivity index (χ0) is 14.1. The maximum atomic E-state index is 4.68. The summed E-state index contributed by atoms with van der Waals surface area (Å²) in [5.41, 5.74) is 3.76. The maximum Gasteiger partial charge on any atom is 0.0924 e. The molecule has 1 aliphatic heterocycles. The second-order valence-corrected chi connectivity index (χ2v) is 5.43. The first kappa shape index (κ1) is 12.5. The van der Waals surface area contributed by atoms with E-state index in [-0.39, 0.29) is 0 Å². The molecular formula is C16H17N5. The normalized spacial score (nSPS) is 16.4. The molecule has 0 radical (unpaired) electrons. The number of hydrogen-bond acceptors (Lipinski definition) is 4. The molecule has 21 heavy (non-hydrogen) atoms. The van der Waals surface area contributed by atoms with E-state index >= 15 is 0 Å². The summed E-state index contributed by atoms with van der Waals surface area (Å²) in [5.74, 6) is 0. The highest BCUT2D eigenvalue weighted by atomic mass is 15.3. The number of fused-ring (bicyclic) bond motifs is 1. The molecule has 0 bridgehead atoms. The summed E-state index contributed by atoms with van der Waals surface area (Å²) in [6.45, 7) is 2.13. The van der Waals surface area contributed by atoms with Gasteiger partial charge in [-0.2, -0.15) is 5.10 Å². The predicted molar refractivity (Wildman–Crippen MR) is 81.9 cm³/mol. The minimum atomic E-state index is 0.494. The zero-order valence-corrected chi connectivity index (χ0v) is 11.7. The van der Waals surface area contributed by atoms with Crippen molar-refractivity contribution in [2.24, 2.45) is 0 Å². The van der Waals surface area contributed by atoms with Crippen molar-refractivity contribution in [2.75, 3.05) is 13.1 Å². The Morgan fingerprint density at radius 3 is 2.71 bits per heavy atom. The molecule has 0 unspecified atom stereocenters. The van der Waals surface area contributed by atoms with Gasteiger partial charge in [0.2, 0.25) is 0 Å². The third kappa shape index (κ3) is 2.40. The van der Waals surface area contributed by atoms with E-state index in [1.54, 1.807) is 0 Å². The lowest BCUT2D eigenvalue weighted by Gasteiger charge is -2.22. The molecule has 0 aliphatic carbocycles. The molecule has 3 aromatic rings. The van der Waals surface area contributed by atoms with E-state index in [0.717, 1.165) is 48.2 Å². The summed E-state index contributed by atoms with van der Waals surface area (Å²) in [7, 11) is 0. The largest absolute Gasteiger partial charge is 0.317 e. The monoisotopic (exact) mass is 279 g/mol. The number of hydrogen-bond donors (Lipinski definition) is 1. The van der Waals surface area contributed by atoms with Gasteiger partial charge in [0.1, 0.15) is 0 Å². The van der Waals surface area contributed by atoms with Gasteiger partial charge in [0.25, 0.3) is 0 Å². The summed E-state index contributed by atoms with van der Waals surface area (Å²) in [4.78, 5) is 9.15. The van der Waals surface area contributed by atoms with Crippen molar-refractivity contribution in [3.05, 3.63) is 42.9 Å². The van der Waals surface area contributed by atoms with E-state index in [1.807, 2.05) is 36.7 Å². The molecule has 0 saturated carbocycles. The highest BCUT2D eigenvalue weighted by molar-refractivity contribution is 5.76. The first-order chi connectivity index (χ1) is 10.4. The van der Waals surface area contributed by atoms with Crippen LogP contribution < -0.4 is 5.32 Å². The minimum absolute atomic E-state index is 0.494. The first-order valence-corrected chi connectivity index (χ1v) is 7.37. The van der Waals surface area contributed by atoms with E-state index in [2.05, 4.69) is 31.3 Å². The fraction of sp³-hybridized carbons (Fsp3) is 0.312. The lowest BCUT2D eigenvalue weighted by molar-refractivity contribution is 0.343. The minimum Gasteiger partial charge on any atom is -0.317 e. The van der Waals surface area contributed by atoms with Crippen LogP contribution in [0.3, 0.4) is 0 Å². The number of nitrogens with zero attached hydrogens (tertiary/aromatic N) is 4. The number of para-hydroxylation sites is 2. The van der Waals surface area contributed by atoms with Crippen LogP contribution in [-0.2, 0) is 0 Å². The van der Waals surface area contributed by atoms with Crippen LogP contribution in [0.1, 0.15) is 18.9 Å². The standard InChI is InChI=1S/C16H17N5/c1-2-4-15-14(3-1)18-10-16(20-15)12-9-19-21(11-12)13-5-7-17-8-6-13/h1-4,9-11,13,17H,5-8H2. The van der Waals surface area contributed by atoms with E-state index in [4.69, 9.17) is 0 Å². The van der Waals surface area contributed by atoms with Gasteiger partial charge in [0.15, 0.2) is 0 Å². The Morgan fingerprint density at radius 1 is 1.05 bits per heavy atom. The molecule has 1 saturated heterocycles. The van der Waals surface area contributed by atoms with E-state index in [0.29, 0.717) is 6.04 Å². The summed E-state index contributed by atoms with van der Waals surface area (Å²) in [5, 5.41) is 7.90. The number of benzene rings is 1. The molecule has 0 atom stereocenters. The third-order valence-corrected chi connectivity index (χ3v) is 4.03. The van der Waals surface area contributed by atoms with Gasteiger partial charge in [-0.05, 0) is 38.1 Å². The van der Waals surface area contributed by atoms with Crippen LogP contribution >= 0.6 is 0 Å². The molecule has 1 fully saturated rings. The second kappa shape index (κ2) is 5.26. The SMILES string of the molecule is c1ccc2nc(-c3cnn(C4CCNCC4)c3)cnc2c1. The fourth-order valence-corrected chi connectivity index (χ4v) is 2.84. The van der Waals surface area contributed by atoms with E-state index < -0.39 is 0 Å². The Labute approximate surface area is 123 Å².